The zero-order chi connectivity index (χ0) is 9.97. The summed E-state index contributed by atoms with van der Waals surface area (Å²) in [5.41, 5.74) is 1.13. The van der Waals surface area contributed by atoms with E-state index >= 15 is 0 Å². The van der Waals surface area contributed by atoms with E-state index in [4.69, 9.17) is 9.84 Å². The quantitative estimate of drug-likeness (QED) is 0.788. The summed E-state index contributed by atoms with van der Waals surface area (Å²) in [5, 5.41) is 13.2. The molecule has 2 rings (SSSR count). The number of aliphatic hydroxyl groups excluding tert-OH is 1. The number of nitrogens with zero attached hydrogens (tertiary/aromatic N) is 2. The fourth-order valence-corrected chi connectivity index (χ4v) is 1.94. The van der Waals surface area contributed by atoms with E-state index in [9.17, 15) is 0 Å². The maximum Gasteiger partial charge on any atom is 0.0997 e. The highest BCUT2D eigenvalue weighted by atomic mass is 16.5. The molecule has 1 aromatic rings. The monoisotopic (exact) mass is 196 g/mol. The predicted octanol–water partition coefficient (Wildman–Crippen LogP) is 1.12. The van der Waals surface area contributed by atoms with Crippen molar-refractivity contribution in [3.8, 4) is 0 Å². The summed E-state index contributed by atoms with van der Waals surface area (Å²) in [6.45, 7) is 3.05. The molecule has 1 fully saturated rings. The topological polar surface area (TPSA) is 47.3 Å². The van der Waals surface area contributed by atoms with Crippen LogP contribution in [0.3, 0.4) is 0 Å². The normalized spacial score (nSPS) is 27.0. The fourth-order valence-electron chi connectivity index (χ4n) is 1.94. The Morgan fingerprint density at radius 1 is 1.64 bits per heavy atom. The highest BCUT2D eigenvalue weighted by Gasteiger charge is 2.27. The second kappa shape index (κ2) is 4.11. The summed E-state index contributed by atoms with van der Waals surface area (Å²) in [6.07, 6.45) is 3.86. The van der Waals surface area contributed by atoms with E-state index in [2.05, 4.69) is 12.0 Å². The molecule has 0 aliphatic carbocycles. The van der Waals surface area contributed by atoms with Crippen LogP contribution < -0.4 is 0 Å². The Bertz CT molecular complexity index is 298. The minimum atomic E-state index is 0.0141. The Kier molecular flexibility index (Phi) is 2.84. The highest BCUT2D eigenvalue weighted by Crippen LogP contribution is 2.32. The van der Waals surface area contributed by atoms with E-state index in [1.165, 1.54) is 0 Å². The minimum absolute atomic E-state index is 0.0141. The van der Waals surface area contributed by atoms with Crippen molar-refractivity contribution < 1.29 is 9.84 Å². The van der Waals surface area contributed by atoms with Crippen molar-refractivity contribution in [3.05, 3.63) is 18.0 Å². The lowest BCUT2D eigenvalue weighted by Gasteiger charge is -2.13. The van der Waals surface area contributed by atoms with Gasteiger partial charge in [-0.05, 0) is 25.8 Å². The zero-order valence-corrected chi connectivity index (χ0v) is 8.39. The summed E-state index contributed by atoms with van der Waals surface area (Å²) in [6, 6.07) is 1.99. The van der Waals surface area contributed by atoms with Crippen molar-refractivity contribution in [2.24, 2.45) is 0 Å². The molecule has 0 aromatic carbocycles. The summed E-state index contributed by atoms with van der Waals surface area (Å²) in [5.74, 6) is 0. The van der Waals surface area contributed by atoms with Crippen molar-refractivity contribution in [1.82, 2.24) is 9.78 Å². The van der Waals surface area contributed by atoms with Gasteiger partial charge in [0.25, 0.3) is 0 Å². The number of ether oxygens (including phenoxy) is 1. The molecule has 1 aliphatic heterocycles. The van der Waals surface area contributed by atoms with Gasteiger partial charge in [0.15, 0.2) is 0 Å². The molecule has 78 valence electrons. The first kappa shape index (κ1) is 9.68. The first-order valence-corrected chi connectivity index (χ1v) is 5.13. The third-order valence-corrected chi connectivity index (χ3v) is 2.69. The summed E-state index contributed by atoms with van der Waals surface area (Å²) in [4.78, 5) is 0. The molecule has 1 saturated heterocycles. The van der Waals surface area contributed by atoms with Gasteiger partial charge in [-0.2, -0.15) is 5.10 Å². The third kappa shape index (κ3) is 1.67. The first-order valence-electron chi connectivity index (χ1n) is 5.13. The first-order chi connectivity index (χ1) is 6.85. The van der Waals surface area contributed by atoms with Gasteiger partial charge in [-0.3, -0.25) is 4.68 Å². The maximum absolute atomic E-state index is 8.96. The van der Waals surface area contributed by atoms with Crippen LogP contribution in [0.1, 0.15) is 31.6 Å². The van der Waals surface area contributed by atoms with Crippen molar-refractivity contribution in [1.29, 1.82) is 0 Å². The van der Waals surface area contributed by atoms with E-state index in [0.29, 0.717) is 0 Å². The Hall–Kier alpha value is -0.870. The number of aryl methyl sites for hydroxylation is 1. The molecular formula is C10H16N2O2. The molecule has 14 heavy (non-hydrogen) atoms. The van der Waals surface area contributed by atoms with Crippen LogP contribution in [0.5, 0.6) is 0 Å². The molecule has 0 saturated carbocycles. The van der Waals surface area contributed by atoms with Crippen LogP contribution in [-0.4, -0.2) is 27.6 Å². The summed E-state index contributed by atoms with van der Waals surface area (Å²) < 4.78 is 7.64. The number of aromatic nitrogens is 2. The third-order valence-electron chi connectivity index (χ3n) is 2.69. The van der Waals surface area contributed by atoms with Crippen LogP contribution in [0.2, 0.25) is 0 Å². The van der Waals surface area contributed by atoms with Crippen LogP contribution in [0.4, 0.5) is 0 Å². The number of hydrogen-bond acceptors (Lipinski definition) is 3. The molecule has 1 aliphatic rings. The van der Waals surface area contributed by atoms with Gasteiger partial charge in [-0.1, -0.05) is 0 Å². The molecular weight excluding hydrogens is 180 g/mol. The lowest BCUT2D eigenvalue weighted by atomic mass is 10.1. The predicted molar refractivity (Wildman–Crippen MR) is 51.8 cm³/mol. The van der Waals surface area contributed by atoms with Crippen LogP contribution >= 0.6 is 0 Å². The standard InChI is InChI=1S/C10H16N2O2/c1-2-12-9(5-6-11-12)10-4-3-8(7-13)14-10/h5-6,8,10,13H,2-4,7H2,1H3. The molecule has 1 N–H and O–H groups in total. The Balaban J connectivity index is 2.09. The van der Waals surface area contributed by atoms with Crippen LogP contribution in [-0.2, 0) is 11.3 Å². The molecule has 0 bridgehead atoms. The number of aliphatic hydroxyl groups is 1. The average molecular weight is 196 g/mol. The lowest BCUT2D eigenvalue weighted by Crippen LogP contribution is -2.13. The zero-order valence-electron chi connectivity index (χ0n) is 8.39. The summed E-state index contributed by atoms with van der Waals surface area (Å²) >= 11 is 0. The van der Waals surface area contributed by atoms with E-state index in [1.807, 2.05) is 10.7 Å². The molecule has 0 amide bonds. The maximum atomic E-state index is 8.96. The minimum Gasteiger partial charge on any atom is -0.394 e. The Morgan fingerprint density at radius 3 is 3.14 bits per heavy atom. The van der Waals surface area contributed by atoms with Crippen molar-refractivity contribution in [2.75, 3.05) is 6.61 Å². The molecule has 4 nitrogen and oxygen atoms in total. The molecule has 2 atom stereocenters. The molecule has 0 radical (unpaired) electrons. The number of rotatable bonds is 3. The van der Waals surface area contributed by atoms with Gasteiger partial charge in [0.05, 0.1) is 24.5 Å². The van der Waals surface area contributed by atoms with Crippen molar-refractivity contribution >= 4 is 0 Å². The van der Waals surface area contributed by atoms with Gasteiger partial charge in [0.2, 0.25) is 0 Å². The average Bonchev–Trinajstić information content (AvgIpc) is 2.85. The Labute approximate surface area is 83.5 Å². The molecule has 4 heteroatoms. The largest absolute Gasteiger partial charge is 0.394 e. The van der Waals surface area contributed by atoms with Gasteiger partial charge in [-0.25, -0.2) is 0 Å². The van der Waals surface area contributed by atoms with E-state index in [-0.39, 0.29) is 18.8 Å². The van der Waals surface area contributed by atoms with Gasteiger partial charge in [-0.15, -0.1) is 0 Å². The number of hydrogen-bond donors (Lipinski definition) is 1. The molecule has 2 unspecified atom stereocenters. The van der Waals surface area contributed by atoms with E-state index < -0.39 is 0 Å². The molecule has 2 heterocycles. The van der Waals surface area contributed by atoms with Crippen LogP contribution in [0.15, 0.2) is 12.3 Å². The van der Waals surface area contributed by atoms with Gasteiger partial charge in [0, 0.05) is 12.7 Å². The van der Waals surface area contributed by atoms with Gasteiger partial charge in [0.1, 0.15) is 0 Å². The highest BCUT2D eigenvalue weighted by molar-refractivity contribution is 5.06. The van der Waals surface area contributed by atoms with Gasteiger partial charge >= 0.3 is 0 Å². The Morgan fingerprint density at radius 2 is 2.50 bits per heavy atom. The SMILES string of the molecule is CCn1nccc1C1CCC(CO)O1. The molecule has 0 spiro atoms. The van der Waals surface area contributed by atoms with Crippen molar-refractivity contribution in [2.45, 2.75) is 38.5 Å². The van der Waals surface area contributed by atoms with E-state index in [0.717, 1.165) is 25.1 Å². The second-order valence-corrected chi connectivity index (χ2v) is 3.58. The second-order valence-electron chi connectivity index (χ2n) is 3.58. The lowest BCUT2D eigenvalue weighted by molar-refractivity contribution is 0.00741. The van der Waals surface area contributed by atoms with Crippen LogP contribution in [0.25, 0.3) is 0 Å². The van der Waals surface area contributed by atoms with Crippen LogP contribution in [0, 0.1) is 0 Å². The molecule has 1 aromatic heterocycles. The smallest absolute Gasteiger partial charge is 0.0997 e. The van der Waals surface area contributed by atoms with Gasteiger partial charge < -0.3 is 9.84 Å². The van der Waals surface area contributed by atoms with Crippen molar-refractivity contribution in [3.63, 3.8) is 0 Å². The van der Waals surface area contributed by atoms with E-state index in [1.54, 1.807) is 6.20 Å². The fraction of sp³-hybridized carbons (Fsp3) is 0.700. The summed E-state index contributed by atoms with van der Waals surface area (Å²) in [7, 11) is 0.